The number of ether oxygens (including phenoxy) is 3. The van der Waals surface area contributed by atoms with Gasteiger partial charge in [0.15, 0.2) is 0 Å². The zero-order chi connectivity index (χ0) is 14.8. The third-order valence-corrected chi connectivity index (χ3v) is 2.90. The molecule has 0 saturated heterocycles. The van der Waals surface area contributed by atoms with E-state index in [1.54, 1.807) is 12.1 Å². The Hall–Kier alpha value is -1.57. The molecule has 0 atom stereocenters. The molecule has 0 N–H and O–H groups in total. The Bertz CT molecular complexity index is 455. The SMILES string of the molecule is C=CC(=O)OCCCCOC(=O)Oc1ccc(I)cc1. The molecule has 1 aromatic rings. The van der Waals surface area contributed by atoms with Crippen LogP contribution in [0.3, 0.4) is 0 Å². The van der Waals surface area contributed by atoms with Crippen LogP contribution in [0.5, 0.6) is 5.75 Å². The van der Waals surface area contributed by atoms with Crippen molar-refractivity contribution in [3.63, 3.8) is 0 Å². The van der Waals surface area contributed by atoms with Crippen LogP contribution in [0.2, 0.25) is 0 Å². The summed E-state index contributed by atoms with van der Waals surface area (Å²) in [7, 11) is 0. The number of unbranched alkanes of at least 4 members (excludes halogenated alkanes) is 1. The van der Waals surface area contributed by atoms with Crippen molar-refractivity contribution in [2.45, 2.75) is 12.8 Å². The smallest absolute Gasteiger partial charge is 0.463 e. The highest BCUT2D eigenvalue weighted by atomic mass is 127. The summed E-state index contributed by atoms with van der Waals surface area (Å²) in [5.41, 5.74) is 0. The normalized spacial score (nSPS) is 9.65. The summed E-state index contributed by atoms with van der Waals surface area (Å²) in [4.78, 5) is 22.1. The summed E-state index contributed by atoms with van der Waals surface area (Å²) in [6.07, 6.45) is 1.56. The fourth-order valence-electron chi connectivity index (χ4n) is 1.22. The van der Waals surface area contributed by atoms with Crippen LogP contribution in [0, 0.1) is 3.57 Å². The van der Waals surface area contributed by atoms with Gasteiger partial charge in [0.25, 0.3) is 0 Å². The molecule has 0 unspecified atom stereocenters. The fraction of sp³-hybridized carbons (Fsp3) is 0.286. The Morgan fingerprint density at radius 2 is 1.70 bits per heavy atom. The van der Waals surface area contributed by atoms with Crippen molar-refractivity contribution < 1.29 is 23.8 Å². The second kappa shape index (κ2) is 9.35. The van der Waals surface area contributed by atoms with Gasteiger partial charge in [-0.1, -0.05) is 6.58 Å². The second-order valence-electron chi connectivity index (χ2n) is 3.73. The summed E-state index contributed by atoms with van der Waals surface area (Å²) in [6, 6.07) is 7.05. The van der Waals surface area contributed by atoms with Gasteiger partial charge in [0.05, 0.1) is 13.2 Å². The lowest BCUT2D eigenvalue weighted by atomic mass is 10.3. The molecule has 0 aliphatic carbocycles. The standard InChI is InChI=1S/C14H15IO5/c1-2-13(16)18-9-3-4-10-19-14(17)20-12-7-5-11(15)6-8-12/h2,5-8H,1,3-4,9-10H2. The van der Waals surface area contributed by atoms with Gasteiger partial charge in [0.2, 0.25) is 0 Å². The minimum absolute atomic E-state index is 0.217. The molecule has 5 nitrogen and oxygen atoms in total. The Morgan fingerprint density at radius 1 is 1.10 bits per heavy atom. The third kappa shape index (κ3) is 7.13. The topological polar surface area (TPSA) is 61.8 Å². The van der Waals surface area contributed by atoms with E-state index in [1.807, 2.05) is 12.1 Å². The van der Waals surface area contributed by atoms with Crippen molar-refractivity contribution in [3.8, 4) is 5.75 Å². The van der Waals surface area contributed by atoms with E-state index in [0.29, 0.717) is 18.6 Å². The van der Waals surface area contributed by atoms with E-state index in [1.165, 1.54) is 0 Å². The molecule has 0 radical (unpaired) electrons. The minimum Gasteiger partial charge on any atom is -0.463 e. The van der Waals surface area contributed by atoms with Crippen LogP contribution in [-0.4, -0.2) is 25.3 Å². The summed E-state index contributed by atoms with van der Waals surface area (Å²) < 4.78 is 15.7. The molecule has 0 saturated carbocycles. The van der Waals surface area contributed by atoms with Gasteiger partial charge in [-0.3, -0.25) is 0 Å². The lowest BCUT2D eigenvalue weighted by Crippen LogP contribution is -2.12. The molecule has 0 aliphatic heterocycles. The number of rotatable bonds is 7. The molecular formula is C14H15IO5. The number of esters is 1. The van der Waals surface area contributed by atoms with Gasteiger partial charge in [-0.2, -0.15) is 0 Å². The molecular weight excluding hydrogens is 375 g/mol. The van der Waals surface area contributed by atoms with Gasteiger partial charge in [-0.05, 0) is 59.7 Å². The summed E-state index contributed by atoms with van der Waals surface area (Å²) in [5.74, 6) is -0.0145. The highest BCUT2D eigenvalue weighted by Gasteiger charge is 2.05. The number of carbonyl (C=O) groups excluding carboxylic acids is 2. The largest absolute Gasteiger partial charge is 0.513 e. The van der Waals surface area contributed by atoms with E-state index in [0.717, 1.165) is 9.65 Å². The first kappa shape index (κ1) is 16.5. The predicted octanol–water partition coefficient (Wildman–Crippen LogP) is 3.32. The van der Waals surface area contributed by atoms with E-state index in [9.17, 15) is 9.59 Å². The maximum Gasteiger partial charge on any atom is 0.513 e. The van der Waals surface area contributed by atoms with Crippen LogP contribution in [0.4, 0.5) is 4.79 Å². The molecule has 0 aliphatic rings. The first-order chi connectivity index (χ1) is 9.61. The highest BCUT2D eigenvalue weighted by Crippen LogP contribution is 2.14. The van der Waals surface area contributed by atoms with Crippen molar-refractivity contribution >= 4 is 34.7 Å². The van der Waals surface area contributed by atoms with E-state index >= 15 is 0 Å². The Balaban J connectivity index is 2.10. The quantitative estimate of drug-likeness (QED) is 0.235. The van der Waals surface area contributed by atoms with Crippen LogP contribution in [0.1, 0.15) is 12.8 Å². The first-order valence-corrected chi connectivity index (χ1v) is 7.09. The monoisotopic (exact) mass is 390 g/mol. The van der Waals surface area contributed by atoms with E-state index in [2.05, 4.69) is 29.2 Å². The third-order valence-electron chi connectivity index (χ3n) is 2.18. The summed E-state index contributed by atoms with van der Waals surface area (Å²) >= 11 is 2.16. The van der Waals surface area contributed by atoms with Crippen molar-refractivity contribution in [1.29, 1.82) is 0 Å². The zero-order valence-electron chi connectivity index (χ0n) is 10.8. The molecule has 1 aromatic carbocycles. The van der Waals surface area contributed by atoms with Gasteiger partial charge in [0, 0.05) is 9.65 Å². The van der Waals surface area contributed by atoms with Crippen molar-refractivity contribution in [3.05, 3.63) is 40.5 Å². The molecule has 1 rings (SSSR count). The molecule has 0 spiro atoms. The molecule has 0 heterocycles. The van der Waals surface area contributed by atoms with E-state index in [-0.39, 0.29) is 13.2 Å². The van der Waals surface area contributed by atoms with Gasteiger partial charge in [-0.15, -0.1) is 0 Å². The average Bonchev–Trinajstić information content (AvgIpc) is 2.44. The molecule has 0 aromatic heterocycles. The van der Waals surface area contributed by atoms with E-state index < -0.39 is 12.1 Å². The zero-order valence-corrected chi connectivity index (χ0v) is 13.0. The van der Waals surface area contributed by atoms with Crippen LogP contribution >= 0.6 is 22.6 Å². The van der Waals surface area contributed by atoms with Crippen molar-refractivity contribution in [2.75, 3.05) is 13.2 Å². The maximum absolute atomic E-state index is 11.3. The summed E-state index contributed by atoms with van der Waals surface area (Å²) in [6.45, 7) is 3.78. The molecule has 108 valence electrons. The lowest BCUT2D eigenvalue weighted by molar-refractivity contribution is -0.137. The Labute approximate surface area is 131 Å². The summed E-state index contributed by atoms with van der Waals surface area (Å²) in [5, 5.41) is 0. The average molecular weight is 390 g/mol. The van der Waals surface area contributed by atoms with Crippen LogP contribution in [0.25, 0.3) is 0 Å². The lowest BCUT2D eigenvalue weighted by Gasteiger charge is -2.06. The van der Waals surface area contributed by atoms with Crippen molar-refractivity contribution in [2.24, 2.45) is 0 Å². The van der Waals surface area contributed by atoms with Gasteiger partial charge in [0.1, 0.15) is 5.75 Å². The predicted molar refractivity (Wildman–Crippen MR) is 81.5 cm³/mol. The van der Waals surface area contributed by atoms with E-state index in [4.69, 9.17) is 14.2 Å². The number of benzene rings is 1. The Morgan fingerprint density at radius 3 is 2.30 bits per heavy atom. The van der Waals surface area contributed by atoms with Crippen LogP contribution in [-0.2, 0) is 14.3 Å². The van der Waals surface area contributed by atoms with Crippen molar-refractivity contribution in [1.82, 2.24) is 0 Å². The van der Waals surface area contributed by atoms with Gasteiger partial charge < -0.3 is 14.2 Å². The minimum atomic E-state index is -0.741. The van der Waals surface area contributed by atoms with Crippen LogP contribution < -0.4 is 4.74 Å². The number of halogens is 1. The molecule has 6 heteroatoms. The van der Waals surface area contributed by atoms with Crippen LogP contribution in [0.15, 0.2) is 36.9 Å². The number of carbonyl (C=O) groups is 2. The highest BCUT2D eigenvalue weighted by molar-refractivity contribution is 14.1. The van der Waals surface area contributed by atoms with Gasteiger partial charge in [-0.25, -0.2) is 9.59 Å². The fourth-order valence-corrected chi connectivity index (χ4v) is 1.58. The van der Waals surface area contributed by atoms with Gasteiger partial charge >= 0.3 is 12.1 Å². The molecule has 0 bridgehead atoms. The number of hydrogen-bond donors (Lipinski definition) is 0. The molecule has 20 heavy (non-hydrogen) atoms. The first-order valence-electron chi connectivity index (χ1n) is 6.01. The molecule has 0 fully saturated rings. The number of hydrogen-bond acceptors (Lipinski definition) is 5. The Kier molecular flexibility index (Phi) is 7.71. The molecule has 0 amide bonds. The second-order valence-corrected chi connectivity index (χ2v) is 4.98. The maximum atomic E-state index is 11.3.